The van der Waals surface area contributed by atoms with Crippen LogP contribution in [-0.2, 0) is 21.0 Å². The predicted molar refractivity (Wildman–Crippen MR) is 127 cm³/mol. The number of amides is 3. The maximum Gasteiger partial charge on any atom is 0.240 e. The monoisotopic (exact) mass is 462 g/mol. The van der Waals surface area contributed by atoms with Gasteiger partial charge in [-0.1, -0.05) is 42.5 Å². The number of imide groups is 1. The molecule has 34 heavy (non-hydrogen) atoms. The van der Waals surface area contributed by atoms with Gasteiger partial charge in [0.1, 0.15) is 24.7 Å². The fraction of sp³-hybridized carbons (Fsp3) is 0.370. The van der Waals surface area contributed by atoms with Crippen LogP contribution in [0.5, 0.6) is 11.5 Å². The third-order valence-electron chi connectivity index (χ3n) is 6.13. The molecule has 1 saturated heterocycles. The Kier molecular flexibility index (Phi) is 7.96. The minimum Gasteiger partial charge on any atom is -0.494 e. The quantitative estimate of drug-likeness (QED) is 0.314. The lowest BCUT2D eigenvalue weighted by molar-refractivity contribution is -0.143. The molecule has 0 aromatic heterocycles. The zero-order valence-electron chi connectivity index (χ0n) is 19.2. The van der Waals surface area contributed by atoms with E-state index in [0.717, 1.165) is 34.8 Å². The predicted octanol–water partition coefficient (Wildman–Crippen LogP) is 3.49. The summed E-state index contributed by atoms with van der Waals surface area (Å²) in [5.41, 5.74) is 1.11. The van der Waals surface area contributed by atoms with Crippen molar-refractivity contribution in [3.05, 3.63) is 72.3 Å². The van der Waals surface area contributed by atoms with Gasteiger partial charge in [-0.05, 0) is 55.5 Å². The van der Waals surface area contributed by atoms with Crippen LogP contribution in [-0.4, -0.2) is 42.3 Å². The molecule has 7 heteroatoms. The third-order valence-corrected chi connectivity index (χ3v) is 6.13. The molecular weight excluding hydrogens is 432 g/mol. The number of benzene rings is 2. The highest BCUT2D eigenvalue weighted by Crippen LogP contribution is 2.34. The zero-order chi connectivity index (χ0) is 23.8. The van der Waals surface area contributed by atoms with E-state index in [4.69, 9.17) is 9.47 Å². The van der Waals surface area contributed by atoms with Crippen LogP contribution in [0.3, 0.4) is 0 Å². The van der Waals surface area contributed by atoms with Gasteiger partial charge < -0.3 is 14.8 Å². The largest absolute Gasteiger partial charge is 0.494 e. The number of rotatable bonds is 11. The highest BCUT2D eigenvalue weighted by molar-refractivity contribution is 6.07. The summed E-state index contributed by atoms with van der Waals surface area (Å²) in [4.78, 5) is 38.2. The maximum atomic E-state index is 12.4. The summed E-state index contributed by atoms with van der Waals surface area (Å²) in [5, 5.41) is 2.79. The second kappa shape index (κ2) is 11.5. The number of ether oxygens (including phenoxy) is 2. The van der Waals surface area contributed by atoms with Gasteiger partial charge in [-0.2, -0.15) is 0 Å². The fourth-order valence-corrected chi connectivity index (χ4v) is 4.24. The Morgan fingerprint density at radius 3 is 2.12 bits per heavy atom. The van der Waals surface area contributed by atoms with Crippen LogP contribution in [0.4, 0.5) is 0 Å². The molecule has 1 aliphatic heterocycles. The van der Waals surface area contributed by atoms with Crippen molar-refractivity contribution in [1.29, 1.82) is 0 Å². The number of allylic oxidation sites excluding steroid dienone is 2. The first-order chi connectivity index (χ1) is 16.6. The van der Waals surface area contributed by atoms with Gasteiger partial charge in [0.05, 0.1) is 18.4 Å². The van der Waals surface area contributed by atoms with Crippen LogP contribution >= 0.6 is 0 Å². The Morgan fingerprint density at radius 2 is 1.47 bits per heavy atom. The summed E-state index contributed by atoms with van der Waals surface area (Å²) >= 11 is 0. The van der Waals surface area contributed by atoms with Gasteiger partial charge in [-0.25, -0.2) is 0 Å². The molecule has 1 heterocycles. The number of unbranched alkanes of at least 4 members (excludes halogenated alkanes) is 1. The summed E-state index contributed by atoms with van der Waals surface area (Å²) in [5.74, 6) is 0.195. The molecule has 7 nitrogen and oxygen atoms in total. The molecular formula is C27H30N2O5. The van der Waals surface area contributed by atoms with Crippen LogP contribution in [0, 0.1) is 11.8 Å². The molecule has 0 spiro atoms. The SMILES string of the molecule is O=C(CN1C(=O)[C@H]2CC=CC[C@@H]2C1=O)NCCCCOc1ccc(OCc2ccccc2)cc1. The van der Waals surface area contributed by atoms with Crippen LogP contribution in [0.25, 0.3) is 0 Å². The van der Waals surface area contributed by atoms with Crippen molar-refractivity contribution < 1.29 is 23.9 Å². The molecule has 2 atom stereocenters. The molecule has 1 N–H and O–H groups in total. The summed E-state index contributed by atoms with van der Waals surface area (Å²) in [6, 6.07) is 17.5. The Hall–Kier alpha value is -3.61. The molecule has 0 unspecified atom stereocenters. The van der Waals surface area contributed by atoms with Gasteiger partial charge in [0.2, 0.25) is 17.7 Å². The van der Waals surface area contributed by atoms with E-state index in [9.17, 15) is 14.4 Å². The minimum atomic E-state index is -0.305. The second-order valence-electron chi connectivity index (χ2n) is 8.57. The molecule has 2 aromatic carbocycles. The number of fused-ring (bicyclic) bond motifs is 1. The molecule has 2 aromatic rings. The summed E-state index contributed by atoms with van der Waals surface area (Å²) in [7, 11) is 0. The van der Waals surface area contributed by atoms with E-state index >= 15 is 0 Å². The number of hydrogen-bond acceptors (Lipinski definition) is 5. The van der Waals surface area contributed by atoms with E-state index in [-0.39, 0.29) is 36.1 Å². The number of nitrogens with zero attached hydrogens (tertiary/aromatic N) is 1. The number of nitrogens with one attached hydrogen (secondary N) is 1. The van der Waals surface area contributed by atoms with E-state index in [0.29, 0.717) is 32.6 Å². The van der Waals surface area contributed by atoms with E-state index in [1.807, 2.05) is 66.7 Å². The number of hydrogen-bond donors (Lipinski definition) is 1. The molecule has 3 amide bonds. The second-order valence-corrected chi connectivity index (χ2v) is 8.57. The molecule has 4 rings (SSSR count). The average Bonchev–Trinajstić information content (AvgIpc) is 3.11. The van der Waals surface area contributed by atoms with E-state index in [2.05, 4.69) is 5.32 Å². The first kappa shape index (κ1) is 23.5. The topological polar surface area (TPSA) is 84.9 Å². The number of carbonyl (C=O) groups is 3. The van der Waals surface area contributed by atoms with Crippen molar-refractivity contribution in [1.82, 2.24) is 10.2 Å². The summed E-state index contributed by atoms with van der Waals surface area (Å²) in [6.07, 6.45) is 6.54. The van der Waals surface area contributed by atoms with Gasteiger partial charge in [0.25, 0.3) is 0 Å². The lowest BCUT2D eigenvalue weighted by Crippen LogP contribution is -2.41. The molecule has 0 saturated carbocycles. The Labute approximate surface area is 199 Å². The minimum absolute atomic E-state index is 0.195. The first-order valence-corrected chi connectivity index (χ1v) is 11.8. The molecule has 178 valence electrons. The smallest absolute Gasteiger partial charge is 0.240 e. The molecule has 1 fully saturated rings. The van der Waals surface area contributed by atoms with Crippen molar-refractivity contribution in [3.63, 3.8) is 0 Å². The van der Waals surface area contributed by atoms with Gasteiger partial charge in [0.15, 0.2) is 0 Å². The van der Waals surface area contributed by atoms with Crippen molar-refractivity contribution in [2.45, 2.75) is 32.3 Å². The number of likely N-dealkylation sites (tertiary alicyclic amines) is 1. The van der Waals surface area contributed by atoms with E-state index in [1.165, 1.54) is 0 Å². The van der Waals surface area contributed by atoms with Crippen molar-refractivity contribution in [3.8, 4) is 11.5 Å². The van der Waals surface area contributed by atoms with Gasteiger partial charge in [-0.15, -0.1) is 0 Å². The van der Waals surface area contributed by atoms with Crippen LogP contribution in [0.15, 0.2) is 66.7 Å². The van der Waals surface area contributed by atoms with Gasteiger partial charge in [-0.3, -0.25) is 19.3 Å². The molecule has 0 bridgehead atoms. The third kappa shape index (κ3) is 6.04. The fourth-order valence-electron chi connectivity index (χ4n) is 4.24. The molecule has 2 aliphatic rings. The Morgan fingerprint density at radius 1 is 0.853 bits per heavy atom. The van der Waals surface area contributed by atoms with Gasteiger partial charge >= 0.3 is 0 Å². The van der Waals surface area contributed by atoms with Crippen LogP contribution in [0.1, 0.15) is 31.2 Å². The van der Waals surface area contributed by atoms with Gasteiger partial charge in [0, 0.05) is 6.54 Å². The normalized spacial score (nSPS) is 19.1. The summed E-state index contributed by atoms with van der Waals surface area (Å²) < 4.78 is 11.5. The van der Waals surface area contributed by atoms with Crippen molar-refractivity contribution in [2.75, 3.05) is 19.7 Å². The molecule has 0 radical (unpaired) electrons. The van der Waals surface area contributed by atoms with Crippen molar-refractivity contribution in [2.24, 2.45) is 11.8 Å². The lowest BCUT2D eigenvalue weighted by atomic mass is 9.85. The van der Waals surface area contributed by atoms with E-state index < -0.39 is 0 Å². The van der Waals surface area contributed by atoms with E-state index in [1.54, 1.807) is 0 Å². The van der Waals surface area contributed by atoms with Crippen molar-refractivity contribution >= 4 is 17.7 Å². The maximum absolute atomic E-state index is 12.4. The van der Waals surface area contributed by atoms with Crippen LogP contribution < -0.4 is 14.8 Å². The molecule has 1 aliphatic carbocycles. The highest BCUT2D eigenvalue weighted by atomic mass is 16.5. The average molecular weight is 463 g/mol. The number of carbonyl (C=O) groups excluding carboxylic acids is 3. The Bertz CT molecular complexity index is 993. The standard InChI is InChI=1S/C27H30N2O5/c30-25(18-29-26(31)23-10-4-5-11-24(23)27(29)32)28-16-6-7-17-33-21-12-14-22(15-13-21)34-19-20-8-2-1-3-9-20/h1-5,8-9,12-15,23-24H,6-7,10-11,16-19H2,(H,28,30)/t23-,24-/m0/s1. The Balaban J connectivity index is 1.08. The lowest BCUT2D eigenvalue weighted by Gasteiger charge is -2.14. The zero-order valence-corrected chi connectivity index (χ0v) is 19.2. The first-order valence-electron chi connectivity index (χ1n) is 11.8. The van der Waals surface area contributed by atoms with Crippen LogP contribution in [0.2, 0.25) is 0 Å². The highest BCUT2D eigenvalue weighted by Gasteiger charge is 2.47. The summed E-state index contributed by atoms with van der Waals surface area (Å²) in [6.45, 7) is 1.32.